The van der Waals surface area contributed by atoms with Gasteiger partial charge in [0.2, 0.25) is 11.8 Å². The van der Waals surface area contributed by atoms with Gasteiger partial charge in [0.15, 0.2) is 5.17 Å². The lowest BCUT2D eigenvalue weighted by Crippen LogP contribution is -2.42. The Balaban J connectivity index is 2.09. The van der Waals surface area contributed by atoms with Crippen molar-refractivity contribution in [3.63, 3.8) is 0 Å². The van der Waals surface area contributed by atoms with E-state index in [9.17, 15) is 9.59 Å². The zero-order valence-corrected chi connectivity index (χ0v) is 17.9. The molecule has 1 heterocycles. The van der Waals surface area contributed by atoms with Gasteiger partial charge in [-0.25, -0.2) is 4.99 Å². The lowest BCUT2D eigenvalue weighted by Gasteiger charge is -2.28. The van der Waals surface area contributed by atoms with E-state index in [2.05, 4.69) is 25.2 Å². The molecule has 1 aromatic carbocycles. The molecule has 27 heavy (non-hydrogen) atoms. The summed E-state index contributed by atoms with van der Waals surface area (Å²) in [7, 11) is 0. The number of rotatable bonds is 5. The topological polar surface area (TPSA) is 61.8 Å². The van der Waals surface area contributed by atoms with Crippen LogP contribution in [0, 0.1) is 5.41 Å². The summed E-state index contributed by atoms with van der Waals surface area (Å²) in [6.07, 6.45) is 1.24. The number of nitrogens with one attached hydrogen (secondary N) is 1. The molecule has 0 aromatic heterocycles. The minimum atomic E-state index is -0.447. The Hall–Kier alpha value is -1.82. The van der Waals surface area contributed by atoms with E-state index in [0.29, 0.717) is 19.0 Å². The highest BCUT2D eigenvalue weighted by Crippen LogP contribution is 2.29. The second-order valence-electron chi connectivity index (χ2n) is 8.11. The number of carbonyl (C=O) groups excluding carboxylic acids is 2. The number of thioether (sulfide) groups is 1. The fraction of sp³-hybridized carbons (Fsp3) is 0.571. The molecule has 2 rings (SSSR count). The molecule has 1 fully saturated rings. The normalized spacial score (nSPS) is 16.7. The third-order valence-electron chi connectivity index (χ3n) is 4.37. The maximum atomic E-state index is 12.7. The summed E-state index contributed by atoms with van der Waals surface area (Å²) < 4.78 is 0. The molecule has 1 N–H and O–H groups in total. The highest BCUT2D eigenvalue weighted by molar-refractivity contribution is 8.13. The lowest BCUT2D eigenvalue weighted by atomic mass is 9.96. The van der Waals surface area contributed by atoms with E-state index in [1.807, 2.05) is 39.0 Å². The maximum absolute atomic E-state index is 12.7. The van der Waals surface area contributed by atoms with Crippen LogP contribution in [-0.2, 0) is 9.59 Å². The molecule has 6 heteroatoms. The summed E-state index contributed by atoms with van der Waals surface area (Å²) in [4.78, 5) is 31.3. The average molecular weight is 390 g/mol. The predicted octanol–water partition coefficient (Wildman–Crippen LogP) is 4.32. The van der Waals surface area contributed by atoms with Crippen LogP contribution in [0.5, 0.6) is 0 Å². The number of benzene rings is 1. The molecule has 1 aromatic rings. The molecule has 1 saturated heterocycles. The number of hydrogen-bond acceptors (Lipinski definition) is 4. The summed E-state index contributed by atoms with van der Waals surface area (Å²) in [5.74, 6) is 1.31. The van der Waals surface area contributed by atoms with Crippen molar-refractivity contribution in [1.29, 1.82) is 0 Å². The Bertz CT molecular complexity index is 708. The molecule has 148 valence electrons. The lowest BCUT2D eigenvalue weighted by molar-refractivity contribution is -0.129. The first-order valence-corrected chi connectivity index (χ1v) is 10.6. The van der Waals surface area contributed by atoms with E-state index in [4.69, 9.17) is 4.99 Å². The van der Waals surface area contributed by atoms with Crippen molar-refractivity contribution in [3.8, 4) is 0 Å². The molecule has 0 spiro atoms. The van der Waals surface area contributed by atoms with Gasteiger partial charge in [0.25, 0.3) is 0 Å². The molecule has 5 nitrogen and oxygen atoms in total. The van der Waals surface area contributed by atoms with Crippen molar-refractivity contribution >= 4 is 34.4 Å². The van der Waals surface area contributed by atoms with Gasteiger partial charge in [0, 0.05) is 30.7 Å². The third-order valence-corrected chi connectivity index (χ3v) is 5.43. The van der Waals surface area contributed by atoms with Crippen LogP contribution in [0.3, 0.4) is 0 Å². The van der Waals surface area contributed by atoms with Gasteiger partial charge in [0.1, 0.15) is 0 Å². The molecular weight excluding hydrogens is 358 g/mol. The zero-order valence-electron chi connectivity index (χ0n) is 17.0. The fourth-order valence-electron chi connectivity index (χ4n) is 2.75. The largest absolute Gasteiger partial charge is 0.355 e. The summed E-state index contributed by atoms with van der Waals surface area (Å²) in [6.45, 7) is 10.9. The first kappa shape index (κ1) is 21.5. The quantitative estimate of drug-likeness (QED) is 0.816. The third kappa shape index (κ3) is 6.09. The van der Waals surface area contributed by atoms with Crippen LogP contribution in [0.15, 0.2) is 29.3 Å². The van der Waals surface area contributed by atoms with Crippen LogP contribution >= 0.6 is 11.8 Å². The van der Waals surface area contributed by atoms with E-state index in [1.54, 1.807) is 16.7 Å². The standard InChI is InChI=1S/C21H31N3O2S/c1-15(2)16-9-6-7-10-17(16)23-20-24(13-8-14-27-20)18(25)11-12-22-19(26)21(3,4)5/h6-7,9-10,15H,8,11-14H2,1-5H3,(H,22,26). The maximum Gasteiger partial charge on any atom is 0.230 e. The molecule has 0 radical (unpaired) electrons. The Morgan fingerprint density at radius 2 is 1.96 bits per heavy atom. The Morgan fingerprint density at radius 1 is 1.26 bits per heavy atom. The van der Waals surface area contributed by atoms with Gasteiger partial charge < -0.3 is 5.32 Å². The molecule has 0 aliphatic carbocycles. The van der Waals surface area contributed by atoms with Gasteiger partial charge in [-0.15, -0.1) is 0 Å². The molecule has 1 aliphatic heterocycles. The smallest absolute Gasteiger partial charge is 0.230 e. The van der Waals surface area contributed by atoms with Crippen molar-refractivity contribution in [2.45, 2.75) is 53.4 Å². The van der Waals surface area contributed by atoms with E-state index < -0.39 is 5.41 Å². The first-order valence-electron chi connectivity index (χ1n) is 9.59. The Labute approximate surface area is 167 Å². The zero-order chi connectivity index (χ0) is 20.0. The van der Waals surface area contributed by atoms with E-state index in [1.165, 1.54) is 5.56 Å². The Morgan fingerprint density at radius 3 is 2.63 bits per heavy atom. The average Bonchev–Trinajstić information content (AvgIpc) is 2.61. The van der Waals surface area contributed by atoms with Crippen molar-refractivity contribution in [2.75, 3.05) is 18.8 Å². The van der Waals surface area contributed by atoms with Crippen LogP contribution in [0.25, 0.3) is 0 Å². The van der Waals surface area contributed by atoms with Crippen LogP contribution in [0.1, 0.15) is 58.9 Å². The molecule has 0 bridgehead atoms. The summed E-state index contributed by atoms with van der Waals surface area (Å²) in [5, 5.41) is 3.61. The number of amides is 2. The van der Waals surface area contributed by atoms with Gasteiger partial charge in [-0.3, -0.25) is 14.5 Å². The van der Waals surface area contributed by atoms with Crippen LogP contribution in [0.2, 0.25) is 0 Å². The summed E-state index contributed by atoms with van der Waals surface area (Å²) >= 11 is 1.63. The van der Waals surface area contributed by atoms with Gasteiger partial charge in [0.05, 0.1) is 5.69 Å². The second kappa shape index (κ2) is 9.40. The minimum Gasteiger partial charge on any atom is -0.355 e. The van der Waals surface area contributed by atoms with Crippen molar-refractivity contribution in [1.82, 2.24) is 10.2 Å². The number of aliphatic imine (C=N–C) groups is 1. The van der Waals surface area contributed by atoms with Gasteiger partial charge >= 0.3 is 0 Å². The molecule has 1 aliphatic rings. The number of para-hydroxylation sites is 1. The number of amidine groups is 1. The molecule has 0 unspecified atom stereocenters. The van der Waals surface area contributed by atoms with E-state index in [-0.39, 0.29) is 18.2 Å². The van der Waals surface area contributed by atoms with Gasteiger partial charge in [-0.05, 0) is 24.0 Å². The molecule has 2 amide bonds. The minimum absolute atomic E-state index is 0.0113. The van der Waals surface area contributed by atoms with Gasteiger partial charge in [-0.2, -0.15) is 0 Å². The SMILES string of the molecule is CC(C)c1ccccc1N=C1SCCCN1C(=O)CCNC(=O)C(C)(C)C. The van der Waals surface area contributed by atoms with E-state index in [0.717, 1.165) is 23.0 Å². The summed E-state index contributed by atoms with van der Waals surface area (Å²) in [6, 6.07) is 8.09. The molecule has 0 saturated carbocycles. The van der Waals surface area contributed by atoms with Gasteiger partial charge in [-0.1, -0.05) is 64.6 Å². The first-order chi connectivity index (χ1) is 12.7. The Kier molecular flexibility index (Phi) is 7.48. The van der Waals surface area contributed by atoms with Crippen molar-refractivity contribution in [3.05, 3.63) is 29.8 Å². The van der Waals surface area contributed by atoms with Crippen molar-refractivity contribution in [2.24, 2.45) is 10.4 Å². The van der Waals surface area contributed by atoms with Crippen LogP contribution in [-0.4, -0.2) is 40.7 Å². The summed E-state index contributed by atoms with van der Waals surface area (Å²) in [5.41, 5.74) is 1.66. The van der Waals surface area contributed by atoms with E-state index >= 15 is 0 Å². The highest BCUT2D eigenvalue weighted by atomic mass is 32.2. The predicted molar refractivity (Wildman–Crippen MR) is 113 cm³/mol. The highest BCUT2D eigenvalue weighted by Gasteiger charge is 2.25. The number of hydrogen-bond donors (Lipinski definition) is 1. The number of carbonyl (C=O) groups is 2. The number of nitrogens with zero attached hydrogens (tertiary/aromatic N) is 2. The monoisotopic (exact) mass is 389 g/mol. The fourth-order valence-corrected chi connectivity index (χ4v) is 3.72. The second-order valence-corrected chi connectivity index (χ2v) is 9.17. The molecule has 0 atom stereocenters. The van der Waals surface area contributed by atoms with Crippen LogP contribution in [0.4, 0.5) is 5.69 Å². The van der Waals surface area contributed by atoms with Crippen molar-refractivity contribution < 1.29 is 9.59 Å². The van der Waals surface area contributed by atoms with Crippen LogP contribution < -0.4 is 5.32 Å². The molecular formula is C21H31N3O2S.